The van der Waals surface area contributed by atoms with Crippen LogP contribution in [-0.2, 0) is 10.0 Å². The van der Waals surface area contributed by atoms with Crippen LogP contribution in [0.3, 0.4) is 0 Å². The van der Waals surface area contributed by atoms with Crippen molar-refractivity contribution in [2.24, 2.45) is 0 Å². The molecule has 1 aromatic heterocycles. The smallest absolute Gasteiger partial charge is 0.288 e. The van der Waals surface area contributed by atoms with E-state index in [0.717, 1.165) is 5.56 Å². The number of nitrogens with zero attached hydrogens (tertiary/aromatic N) is 3. The van der Waals surface area contributed by atoms with Gasteiger partial charge in [-0.1, -0.05) is 48.0 Å². The molecule has 1 atom stereocenters. The predicted molar refractivity (Wildman–Crippen MR) is 135 cm³/mol. The van der Waals surface area contributed by atoms with Gasteiger partial charge in [-0.25, -0.2) is 14.7 Å². The van der Waals surface area contributed by atoms with Gasteiger partial charge in [-0.3, -0.25) is 4.79 Å². The fourth-order valence-corrected chi connectivity index (χ4v) is 4.82. The Kier molecular flexibility index (Phi) is 6.89. The van der Waals surface area contributed by atoms with E-state index in [-0.39, 0.29) is 33.0 Å². The molecule has 4 rings (SSSR count). The van der Waals surface area contributed by atoms with Crippen molar-refractivity contribution in [1.29, 1.82) is 10.5 Å². The first kappa shape index (κ1) is 25.3. The van der Waals surface area contributed by atoms with Gasteiger partial charge in [0.05, 0.1) is 16.2 Å². The number of nitriles is 2. The predicted octanol–water partition coefficient (Wildman–Crippen LogP) is 2.57. The Bertz CT molecular complexity index is 1720. The lowest BCUT2D eigenvalue weighted by Gasteiger charge is -2.20. The number of quaternary nitrogens is 1. The van der Waals surface area contributed by atoms with Crippen LogP contribution in [0.15, 0.2) is 88.6 Å². The van der Waals surface area contributed by atoms with E-state index in [1.165, 1.54) is 36.4 Å². The van der Waals surface area contributed by atoms with E-state index in [2.05, 4.69) is 4.83 Å². The topological polar surface area (TPSA) is 163 Å². The van der Waals surface area contributed by atoms with Gasteiger partial charge in [-0.05, 0) is 36.8 Å². The van der Waals surface area contributed by atoms with Crippen LogP contribution in [0, 0.1) is 34.8 Å². The number of aryl methyl sites for hydroxylation is 1. The average molecular weight is 514 g/mol. The summed E-state index contributed by atoms with van der Waals surface area (Å²) in [6.45, 7) is 1.79. The Morgan fingerprint density at radius 2 is 1.49 bits per heavy atom. The zero-order chi connectivity index (χ0) is 26.7. The maximum atomic E-state index is 13.6. The highest BCUT2D eigenvalue weighted by Crippen LogP contribution is 2.33. The summed E-state index contributed by atoms with van der Waals surface area (Å²) in [7, 11) is -4.30. The van der Waals surface area contributed by atoms with Crippen molar-refractivity contribution in [3.63, 3.8) is 0 Å². The van der Waals surface area contributed by atoms with Crippen LogP contribution in [0.1, 0.15) is 16.7 Å². The number of rotatable bonds is 6. The monoisotopic (exact) mass is 513 g/mol. The minimum atomic E-state index is -4.30. The number of aromatic nitrogens is 1. The Morgan fingerprint density at radius 1 is 0.892 bits per heavy atom. The number of sulfonamides is 1. The van der Waals surface area contributed by atoms with Crippen LogP contribution in [0.25, 0.3) is 22.4 Å². The lowest BCUT2D eigenvalue weighted by Crippen LogP contribution is -2.99. The van der Waals surface area contributed by atoms with Crippen molar-refractivity contribution >= 4 is 15.7 Å². The third-order valence-electron chi connectivity index (χ3n) is 5.61. The van der Waals surface area contributed by atoms with Crippen LogP contribution in [0.4, 0.5) is 5.69 Å². The van der Waals surface area contributed by atoms with Gasteiger partial charge in [0.1, 0.15) is 17.7 Å². The van der Waals surface area contributed by atoms with Crippen LogP contribution >= 0.6 is 0 Å². The normalized spacial score (nSPS) is 11.8. The molecule has 0 aliphatic heterocycles. The zero-order valence-corrected chi connectivity index (χ0v) is 20.2. The molecular formula is C26H19N5O5S. The van der Waals surface area contributed by atoms with Gasteiger partial charge in [-0.2, -0.15) is 24.2 Å². The van der Waals surface area contributed by atoms with Crippen molar-refractivity contribution in [3.05, 3.63) is 111 Å². The molecule has 3 aromatic carbocycles. The quantitative estimate of drug-likeness (QED) is 0.334. The molecule has 0 saturated heterocycles. The van der Waals surface area contributed by atoms with Gasteiger partial charge in [0, 0.05) is 23.3 Å². The second-order valence-corrected chi connectivity index (χ2v) is 9.65. The Hall–Kier alpha value is -4.78. The number of benzene rings is 3. The summed E-state index contributed by atoms with van der Waals surface area (Å²) in [5, 5.41) is 39.4. The molecule has 10 nitrogen and oxygen atoms in total. The second-order valence-electron chi connectivity index (χ2n) is 7.99. The molecule has 4 aromatic rings. The van der Waals surface area contributed by atoms with Gasteiger partial charge in [-0.15, -0.1) is 0 Å². The van der Waals surface area contributed by atoms with E-state index in [1.807, 2.05) is 6.07 Å². The first-order valence-electron chi connectivity index (χ1n) is 10.8. The van der Waals surface area contributed by atoms with Crippen molar-refractivity contribution in [2.75, 3.05) is 4.83 Å². The number of hydrogen-bond donors (Lipinski definition) is 3. The standard InChI is InChI=1S/C26H19N5O5S/c1-17-7-13-21(14-8-17)37(35,36)29-30-25(19-5-3-2-4-6-19)22(15-27)24(23(16-28)26(30)32)18-9-11-20(12-10-18)31(33)34/h2-14,29,31,33H,1H3. The molecule has 1 unspecified atom stereocenters. The molecule has 0 bridgehead atoms. The number of hydrogen-bond acceptors (Lipinski definition) is 7. The first-order chi connectivity index (χ1) is 17.7. The molecule has 0 aliphatic carbocycles. The van der Waals surface area contributed by atoms with Crippen LogP contribution < -0.4 is 15.6 Å². The largest absolute Gasteiger partial charge is 0.595 e. The molecule has 37 heavy (non-hydrogen) atoms. The van der Waals surface area contributed by atoms with Crippen LogP contribution in [0.2, 0.25) is 0 Å². The molecule has 0 radical (unpaired) electrons. The maximum absolute atomic E-state index is 13.6. The van der Waals surface area contributed by atoms with E-state index in [1.54, 1.807) is 55.5 Å². The molecule has 0 spiro atoms. The maximum Gasteiger partial charge on any atom is 0.288 e. The summed E-state index contributed by atoms with van der Waals surface area (Å²) in [5.41, 5.74) is -0.314. The number of nitrogens with one attached hydrogen (secondary N) is 2. The van der Waals surface area contributed by atoms with Crippen molar-refractivity contribution < 1.29 is 18.9 Å². The van der Waals surface area contributed by atoms with E-state index >= 15 is 0 Å². The van der Waals surface area contributed by atoms with Crippen molar-refractivity contribution in [3.8, 4) is 34.5 Å². The summed E-state index contributed by atoms with van der Waals surface area (Å²) >= 11 is 0. The lowest BCUT2D eigenvalue weighted by atomic mass is 9.93. The minimum Gasteiger partial charge on any atom is -0.595 e. The van der Waals surface area contributed by atoms with Gasteiger partial charge in [0.2, 0.25) is 0 Å². The van der Waals surface area contributed by atoms with E-state index in [9.17, 15) is 34.2 Å². The van der Waals surface area contributed by atoms with E-state index < -0.39 is 26.4 Å². The molecule has 0 amide bonds. The van der Waals surface area contributed by atoms with Crippen LogP contribution in [-0.4, -0.2) is 18.3 Å². The molecule has 0 fully saturated rings. The summed E-state index contributed by atoms with van der Waals surface area (Å²) in [4.78, 5) is 15.7. The third-order valence-corrected chi connectivity index (χ3v) is 6.93. The molecule has 3 N–H and O–H groups in total. The summed E-state index contributed by atoms with van der Waals surface area (Å²) in [6.07, 6.45) is 0. The highest BCUT2D eigenvalue weighted by molar-refractivity contribution is 7.92. The zero-order valence-electron chi connectivity index (χ0n) is 19.3. The first-order valence-corrected chi connectivity index (χ1v) is 12.3. The fraction of sp³-hybridized carbons (Fsp3) is 0.0385. The van der Waals surface area contributed by atoms with Gasteiger partial charge >= 0.3 is 0 Å². The van der Waals surface area contributed by atoms with Gasteiger partial charge in [0.25, 0.3) is 15.6 Å². The third kappa shape index (κ3) is 4.84. The minimum absolute atomic E-state index is 0.0248. The molecular weight excluding hydrogens is 494 g/mol. The summed E-state index contributed by atoms with van der Waals surface area (Å²) in [5.74, 6) is 0. The summed E-state index contributed by atoms with van der Waals surface area (Å²) < 4.78 is 27.1. The van der Waals surface area contributed by atoms with Crippen LogP contribution in [0.5, 0.6) is 0 Å². The molecule has 0 saturated carbocycles. The summed E-state index contributed by atoms with van der Waals surface area (Å²) in [6, 6.07) is 23.3. The highest BCUT2D eigenvalue weighted by atomic mass is 32.2. The second kappa shape index (κ2) is 10.1. The van der Waals surface area contributed by atoms with Crippen molar-refractivity contribution in [2.45, 2.75) is 11.8 Å². The molecule has 11 heteroatoms. The van der Waals surface area contributed by atoms with Gasteiger partial charge in [0.15, 0.2) is 5.69 Å². The number of pyridine rings is 1. The highest BCUT2D eigenvalue weighted by Gasteiger charge is 2.27. The fourth-order valence-electron chi connectivity index (χ4n) is 3.80. The Balaban J connectivity index is 2.05. The molecule has 0 aliphatic rings. The van der Waals surface area contributed by atoms with E-state index in [4.69, 9.17) is 0 Å². The Morgan fingerprint density at radius 3 is 2.03 bits per heavy atom. The van der Waals surface area contributed by atoms with Crippen molar-refractivity contribution in [1.82, 2.24) is 4.68 Å². The molecule has 184 valence electrons. The molecule has 1 heterocycles. The van der Waals surface area contributed by atoms with E-state index in [0.29, 0.717) is 10.2 Å². The SMILES string of the molecule is Cc1ccc(S(=O)(=O)Nn2c(-c3ccccc3)c(C#N)c(-c3ccc([NH+]([O-])O)cc3)c(C#N)c2=O)cc1. The van der Waals surface area contributed by atoms with Gasteiger partial charge < -0.3 is 5.21 Å². The Labute approximate surface area is 212 Å². The average Bonchev–Trinajstić information content (AvgIpc) is 2.90. The lowest BCUT2D eigenvalue weighted by molar-refractivity contribution is -0.991.